The van der Waals surface area contributed by atoms with Gasteiger partial charge in [0, 0.05) is 17.8 Å². The quantitative estimate of drug-likeness (QED) is 0.578. The molecular weight excluding hydrogens is 286 g/mol. The Morgan fingerprint density at radius 2 is 2.43 bits per heavy atom. The number of hydrogen-bond donors (Lipinski definition) is 3. The molecule has 21 heavy (non-hydrogen) atoms. The molecule has 6 heteroatoms. The number of carbonyl (C=O) groups excluding carboxylic acids is 1. The maximum absolute atomic E-state index is 12.1. The number of hydrogen-bond acceptors (Lipinski definition) is 4. The summed E-state index contributed by atoms with van der Waals surface area (Å²) in [5, 5.41) is 20.3. The largest absolute Gasteiger partial charge is 0.384 e. The van der Waals surface area contributed by atoms with Crippen LogP contribution in [0, 0.1) is 18.8 Å². The third-order valence-electron chi connectivity index (χ3n) is 3.02. The minimum atomic E-state index is -0.207. The number of nitrogens with one attached hydrogen (secondary N) is 2. The van der Waals surface area contributed by atoms with Gasteiger partial charge in [-0.25, -0.2) is 0 Å². The molecule has 110 valence electrons. The van der Waals surface area contributed by atoms with E-state index in [9.17, 15) is 4.79 Å². The van der Waals surface area contributed by atoms with E-state index in [1.807, 2.05) is 18.5 Å². The minimum Gasteiger partial charge on any atom is -0.384 e. The van der Waals surface area contributed by atoms with E-state index in [0.717, 1.165) is 18.5 Å². The molecule has 2 aromatic rings. The van der Waals surface area contributed by atoms with Crippen LogP contribution in [0.5, 0.6) is 0 Å². The van der Waals surface area contributed by atoms with Gasteiger partial charge in [0.05, 0.1) is 6.20 Å². The summed E-state index contributed by atoms with van der Waals surface area (Å²) in [6, 6.07) is 1.79. The number of amides is 1. The molecule has 0 saturated heterocycles. The second kappa shape index (κ2) is 7.62. The summed E-state index contributed by atoms with van der Waals surface area (Å²) in [6.45, 7) is 2.38. The molecule has 0 radical (unpaired) electrons. The fourth-order valence-electron chi connectivity index (χ4n) is 1.91. The maximum atomic E-state index is 12.1. The van der Waals surface area contributed by atoms with Crippen LogP contribution in [-0.2, 0) is 6.42 Å². The molecule has 3 N–H and O–H groups in total. The van der Waals surface area contributed by atoms with Gasteiger partial charge in [0.15, 0.2) is 0 Å². The summed E-state index contributed by atoms with van der Waals surface area (Å²) in [7, 11) is 0. The molecule has 0 fully saturated rings. The normalized spacial score (nSPS) is 10.0. The van der Waals surface area contributed by atoms with E-state index in [2.05, 4.69) is 27.4 Å². The van der Waals surface area contributed by atoms with Gasteiger partial charge < -0.3 is 10.4 Å². The number of rotatable bonds is 5. The number of aromatic amines is 1. The lowest BCUT2D eigenvalue weighted by molar-refractivity contribution is 0.0957. The van der Waals surface area contributed by atoms with Gasteiger partial charge in [-0.15, -0.1) is 11.3 Å². The van der Waals surface area contributed by atoms with Gasteiger partial charge in [-0.3, -0.25) is 9.89 Å². The lowest BCUT2D eigenvalue weighted by atomic mass is 10.1. The fourth-order valence-corrected chi connectivity index (χ4v) is 2.67. The molecule has 2 aromatic heterocycles. The van der Waals surface area contributed by atoms with Crippen LogP contribution in [0.3, 0.4) is 0 Å². The predicted octanol–water partition coefficient (Wildman–Crippen LogP) is 1.49. The molecule has 2 heterocycles. The molecular formula is C15H17N3O2S. The lowest BCUT2D eigenvalue weighted by Gasteiger charge is -2.04. The Bertz CT molecular complexity index is 664. The van der Waals surface area contributed by atoms with Crippen LogP contribution in [0.25, 0.3) is 0 Å². The Labute approximate surface area is 127 Å². The number of carbonyl (C=O) groups is 1. The third-order valence-corrected chi connectivity index (χ3v) is 3.93. The van der Waals surface area contributed by atoms with Crippen molar-refractivity contribution in [3.8, 4) is 11.8 Å². The van der Waals surface area contributed by atoms with Crippen molar-refractivity contribution in [3.63, 3.8) is 0 Å². The lowest BCUT2D eigenvalue weighted by Crippen LogP contribution is -2.24. The van der Waals surface area contributed by atoms with Crippen molar-refractivity contribution in [1.29, 1.82) is 0 Å². The molecule has 0 aliphatic carbocycles. The Kier molecular flexibility index (Phi) is 5.55. The first-order valence-corrected chi connectivity index (χ1v) is 7.54. The van der Waals surface area contributed by atoms with E-state index >= 15 is 0 Å². The average Bonchev–Trinajstić information content (AvgIpc) is 3.10. The van der Waals surface area contributed by atoms with E-state index in [0.29, 0.717) is 17.0 Å². The van der Waals surface area contributed by atoms with Gasteiger partial charge in [0.1, 0.15) is 11.5 Å². The summed E-state index contributed by atoms with van der Waals surface area (Å²) in [5.74, 6) is 5.23. The molecule has 0 aliphatic rings. The van der Waals surface area contributed by atoms with Crippen LogP contribution in [-0.4, -0.2) is 34.4 Å². The minimum absolute atomic E-state index is 0.115. The van der Waals surface area contributed by atoms with Gasteiger partial charge in [-0.2, -0.15) is 5.10 Å². The van der Waals surface area contributed by atoms with E-state index < -0.39 is 0 Å². The van der Waals surface area contributed by atoms with Gasteiger partial charge in [-0.05, 0) is 36.8 Å². The summed E-state index contributed by atoms with van der Waals surface area (Å²) in [6.07, 6.45) is 3.55. The maximum Gasteiger partial charge on any atom is 0.262 e. The highest BCUT2D eigenvalue weighted by atomic mass is 32.1. The van der Waals surface area contributed by atoms with Crippen molar-refractivity contribution in [2.45, 2.75) is 19.8 Å². The van der Waals surface area contributed by atoms with Crippen LogP contribution < -0.4 is 5.32 Å². The summed E-state index contributed by atoms with van der Waals surface area (Å²) >= 11 is 1.36. The topological polar surface area (TPSA) is 78.0 Å². The number of aromatic nitrogens is 2. The summed E-state index contributed by atoms with van der Waals surface area (Å²) in [5.41, 5.74) is 2.91. The zero-order chi connectivity index (χ0) is 15.1. The molecule has 0 spiro atoms. The highest BCUT2D eigenvalue weighted by Crippen LogP contribution is 2.15. The number of nitrogens with zero attached hydrogens (tertiary/aromatic N) is 1. The first kappa shape index (κ1) is 15.3. The Morgan fingerprint density at radius 1 is 1.57 bits per heavy atom. The summed E-state index contributed by atoms with van der Waals surface area (Å²) < 4.78 is 0. The number of aliphatic hydroxyl groups is 1. The average molecular weight is 303 g/mol. The monoisotopic (exact) mass is 303 g/mol. The second-order valence-corrected chi connectivity index (χ2v) is 5.42. The molecule has 0 bridgehead atoms. The number of H-pyrrole nitrogens is 1. The van der Waals surface area contributed by atoms with Gasteiger partial charge in [-0.1, -0.05) is 11.8 Å². The molecule has 0 aromatic carbocycles. The Morgan fingerprint density at radius 3 is 3.14 bits per heavy atom. The van der Waals surface area contributed by atoms with Crippen LogP contribution in [0.4, 0.5) is 0 Å². The third kappa shape index (κ3) is 4.18. The smallest absolute Gasteiger partial charge is 0.262 e. The second-order valence-electron chi connectivity index (χ2n) is 4.50. The zero-order valence-electron chi connectivity index (χ0n) is 11.8. The van der Waals surface area contributed by atoms with Gasteiger partial charge in [0.25, 0.3) is 5.91 Å². The SMILES string of the molecule is Cc1[nH]ncc1CCCNC(=O)c1sccc1C#CCO. The number of aryl methyl sites for hydroxylation is 2. The fraction of sp³-hybridized carbons (Fsp3) is 0.333. The van der Waals surface area contributed by atoms with Crippen molar-refractivity contribution < 1.29 is 9.90 Å². The molecule has 5 nitrogen and oxygen atoms in total. The standard InChI is InChI=1S/C15H17N3O2S/c1-11-13(10-17-18-11)4-2-7-16-15(20)14-12(5-3-8-19)6-9-21-14/h6,9-10,19H,2,4,7-8H2,1H3,(H,16,20)(H,17,18). The first-order chi connectivity index (χ1) is 10.2. The molecule has 0 unspecified atom stereocenters. The number of thiophene rings is 1. The van der Waals surface area contributed by atoms with E-state index in [4.69, 9.17) is 5.11 Å². The first-order valence-electron chi connectivity index (χ1n) is 6.66. The van der Waals surface area contributed by atoms with Gasteiger partial charge in [0.2, 0.25) is 0 Å². The van der Waals surface area contributed by atoms with Gasteiger partial charge >= 0.3 is 0 Å². The zero-order valence-corrected chi connectivity index (χ0v) is 12.6. The number of aliphatic hydroxyl groups excluding tert-OH is 1. The van der Waals surface area contributed by atoms with Crippen molar-refractivity contribution in [1.82, 2.24) is 15.5 Å². The van der Waals surface area contributed by atoms with Crippen LogP contribution in [0.15, 0.2) is 17.6 Å². The molecule has 0 saturated carbocycles. The van der Waals surface area contributed by atoms with Crippen molar-refractivity contribution in [2.75, 3.05) is 13.2 Å². The predicted molar refractivity (Wildman–Crippen MR) is 82.3 cm³/mol. The molecule has 2 rings (SSSR count). The molecule has 0 atom stereocenters. The van der Waals surface area contributed by atoms with Crippen molar-refractivity contribution >= 4 is 17.2 Å². The van der Waals surface area contributed by atoms with Crippen LogP contribution >= 0.6 is 11.3 Å². The van der Waals surface area contributed by atoms with Crippen molar-refractivity contribution in [2.24, 2.45) is 0 Å². The summed E-state index contributed by atoms with van der Waals surface area (Å²) in [4.78, 5) is 12.7. The Balaban J connectivity index is 1.82. The molecule has 0 aliphatic heterocycles. The van der Waals surface area contributed by atoms with E-state index in [1.165, 1.54) is 16.9 Å². The Hall–Kier alpha value is -2.10. The van der Waals surface area contributed by atoms with Crippen molar-refractivity contribution in [3.05, 3.63) is 39.3 Å². The highest BCUT2D eigenvalue weighted by molar-refractivity contribution is 7.12. The van der Waals surface area contributed by atoms with Crippen LogP contribution in [0.2, 0.25) is 0 Å². The van der Waals surface area contributed by atoms with E-state index in [1.54, 1.807) is 6.07 Å². The highest BCUT2D eigenvalue weighted by Gasteiger charge is 2.11. The van der Waals surface area contributed by atoms with E-state index in [-0.39, 0.29) is 12.5 Å². The molecule has 1 amide bonds. The van der Waals surface area contributed by atoms with Crippen LogP contribution in [0.1, 0.15) is 32.9 Å².